The number of hydrogen-bond acceptors (Lipinski definition) is 5. The zero-order valence-electron chi connectivity index (χ0n) is 12.1. The second-order valence-electron chi connectivity index (χ2n) is 4.33. The van der Waals surface area contributed by atoms with Gasteiger partial charge in [-0.15, -0.1) is 0 Å². The van der Waals surface area contributed by atoms with Crippen LogP contribution in [0.15, 0.2) is 12.1 Å². The van der Waals surface area contributed by atoms with Crippen LogP contribution in [0.25, 0.3) is 0 Å². The van der Waals surface area contributed by atoms with Crippen LogP contribution in [0.2, 0.25) is 5.02 Å². The molecule has 1 amide bonds. The van der Waals surface area contributed by atoms with Gasteiger partial charge in [0, 0.05) is 33.8 Å². The first-order valence-corrected chi connectivity index (χ1v) is 6.76. The third kappa shape index (κ3) is 5.32. The van der Waals surface area contributed by atoms with Gasteiger partial charge < -0.3 is 20.3 Å². The van der Waals surface area contributed by atoms with Gasteiger partial charge in [-0.3, -0.25) is 4.79 Å². The Labute approximate surface area is 124 Å². The van der Waals surface area contributed by atoms with Crippen molar-refractivity contribution in [3.05, 3.63) is 22.8 Å². The van der Waals surface area contributed by atoms with E-state index in [4.69, 9.17) is 16.3 Å². The summed E-state index contributed by atoms with van der Waals surface area (Å²) >= 11 is 5.98. The number of nitrogens with zero attached hydrogens (tertiary/aromatic N) is 2. The van der Waals surface area contributed by atoms with E-state index in [-0.39, 0.29) is 11.6 Å². The van der Waals surface area contributed by atoms with Crippen molar-refractivity contribution in [2.75, 3.05) is 52.8 Å². The Morgan fingerprint density at radius 1 is 1.45 bits per heavy atom. The predicted molar refractivity (Wildman–Crippen MR) is 80.5 cm³/mol. The average Bonchev–Trinajstić information content (AvgIpc) is 2.45. The molecule has 112 valence electrons. The molecule has 0 unspecified atom stereocenters. The normalized spacial score (nSPS) is 10.7. The molecule has 1 aromatic heterocycles. The highest BCUT2D eigenvalue weighted by molar-refractivity contribution is 6.33. The smallest absolute Gasteiger partial charge is 0.271 e. The minimum Gasteiger partial charge on any atom is -0.383 e. The molecule has 0 atom stereocenters. The van der Waals surface area contributed by atoms with Crippen molar-refractivity contribution in [2.24, 2.45) is 0 Å². The number of carbonyl (C=O) groups excluding carboxylic acids is 1. The van der Waals surface area contributed by atoms with Crippen LogP contribution in [0.4, 0.5) is 5.82 Å². The van der Waals surface area contributed by atoms with Gasteiger partial charge in [0.2, 0.25) is 0 Å². The fourth-order valence-corrected chi connectivity index (χ4v) is 1.73. The van der Waals surface area contributed by atoms with Crippen LogP contribution in [0.1, 0.15) is 10.5 Å². The second-order valence-corrected chi connectivity index (χ2v) is 4.74. The Kier molecular flexibility index (Phi) is 7.28. The van der Waals surface area contributed by atoms with Crippen molar-refractivity contribution in [3.8, 4) is 0 Å². The zero-order chi connectivity index (χ0) is 15.0. The lowest BCUT2D eigenvalue weighted by molar-refractivity contribution is 0.0943. The number of aromatic nitrogens is 1. The van der Waals surface area contributed by atoms with Crippen LogP contribution in [0, 0.1) is 0 Å². The summed E-state index contributed by atoms with van der Waals surface area (Å²) in [7, 11) is 5.37. The molecule has 0 aliphatic heterocycles. The highest BCUT2D eigenvalue weighted by atomic mass is 35.5. The molecule has 0 bridgehead atoms. The molecule has 0 aliphatic carbocycles. The topological polar surface area (TPSA) is 66.5 Å². The highest BCUT2D eigenvalue weighted by Crippen LogP contribution is 2.16. The first-order chi connectivity index (χ1) is 9.58. The molecule has 0 saturated heterocycles. The third-order valence-corrected chi connectivity index (χ3v) is 3.08. The molecule has 0 spiro atoms. The van der Waals surface area contributed by atoms with Gasteiger partial charge in [-0.05, 0) is 19.2 Å². The van der Waals surface area contributed by atoms with Crippen LogP contribution in [-0.2, 0) is 4.74 Å². The minimum atomic E-state index is -0.271. The number of halogens is 1. The van der Waals surface area contributed by atoms with E-state index in [1.165, 1.54) is 0 Å². The van der Waals surface area contributed by atoms with Crippen LogP contribution in [0.5, 0.6) is 0 Å². The molecule has 20 heavy (non-hydrogen) atoms. The molecule has 1 aromatic rings. The number of methoxy groups -OCH3 is 1. The van der Waals surface area contributed by atoms with E-state index in [0.717, 1.165) is 13.1 Å². The summed E-state index contributed by atoms with van der Waals surface area (Å²) in [5, 5.41) is 6.02. The minimum absolute atomic E-state index is 0.234. The highest BCUT2D eigenvalue weighted by Gasteiger charge is 2.12. The molecule has 0 aliphatic rings. The number of carbonyl (C=O) groups is 1. The fourth-order valence-electron chi connectivity index (χ4n) is 1.54. The van der Waals surface area contributed by atoms with Gasteiger partial charge in [-0.25, -0.2) is 4.98 Å². The Balaban J connectivity index is 2.46. The number of amides is 1. The van der Waals surface area contributed by atoms with E-state index in [9.17, 15) is 4.79 Å². The average molecular weight is 301 g/mol. The van der Waals surface area contributed by atoms with Gasteiger partial charge in [-0.2, -0.15) is 0 Å². The van der Waals surface area contributed by atoms with Gasteiger partial charge in [0.05, 0.1) is 11.6 Å². The van der Waals surface area contributed by atoms with E-state index < -0.39 is 0 Å². The van der Waals surface area contributed by atoms with Gasteiger partial charge in [0.1, 0.15) is 11.5 Å². The van der Waals surface area contributed by atoms with Crippen molar-refractivity contribution in [3.63, 3.8) is 0 Å². The number of hydrogen-bond donors (Lipinski definition) is 2. The summed E-state index contributed by atoms with van der Waals surface area (Å²) in [6.45, 7) is 2.75. The van der Waals surface area contributed by atoms with E-state index in [1.54, 1.807) is 26.3 Å². The van der Waals surface area contributed by atoms with E-state index in [0.29, 0.717) is 24.0 Å². The van der Waals surface area contributed by atoms with E-state index in [2.05, 4.69) is 20.5 Å². The molecule has 1 rings (SSSR count). The van der Waals surface area contributed by atoms with Gasteiger partial charge in [0.15, 0.2) is 0 Å². The third-order valence-electron chi connectivity index (χ3n) is 2.77. The van der Waals surface area contributed by atoms with Gasteiger partial charge in [0.25, 0.3) is 5.91 Å². The summed E-state index contributed by atoms with van der Waals surface area (Å²) in [6, 6.07) is 3.37. The number of likely N-dealkylation sites (N-methyl/N-ethyl adjacent to an activating group) is 1. The molecule has 0 fully saturated rings. The zero-order valence-corrected chi connectivity index (χ0v) is 12.8. The molecule has 2 N–H and O–H groups in total. The second kappa shape index (κ2) is 8.73. The van der Waals surface area contributed by atoms with Crippen molar-refractivity contribution in [2.45, 2.75) is 0 Å². The number of rotatable bonds is 8. The van der Waals surface area contributed by atoms with Crippen LogP contribution < -0.4 is 10.6 Å². The van der Waals surface area contributed by atoms with E-state index >= 15 is 0 Å². The number of ether oxygens (including phenoxy) is 1. The van der Waals surface area contributed by atoms with Crippen molar-refractivity contribution in [1.29, 1.82) is 0 Å². The Hall–Kier alpha value is -1.37. The molecule has 1 heterocycles. The summed E-state index contributed by atoms with van der Waals surface area (Å²) in [5.41, 5.74) is 0.234. The summed E-state index contributed by atoms with van der Waals surface area (Å²) in [4.78, 5) is 18.2. The molecule has 0 radical (unpaired) electrons. The van der Waals surface area contributed by atoms with E-state index in [1.807, 2.05) is 7.05 Å². The first-order valence-electron chi connectivity index (χ1n) is 6.38. The van der Waals surface area contributed by atoms with Crippen molar-refractivity contribution < 1.29 is 9.53 Å². The maximum Gasteiger partial charge on any atom is 0.271 e. The van der Waals surface area contributed by atoms with Crippen LogP contribution in [0.3, 0.4) is 0 Å². The molecule has 6 nitrogen and oxygen atoms in total. The first kappa shape index (κ1) is 16.7. The van der Waals surface area contributed by atoms with Crippen molar-refractivity contribution >= 4 is 23.3 Å². The molecule has 7 heteroatoms. The largest absolute Gasteiger partial charge is 0.383 e. The molecular weight excluding hydrogens is 280 g/mol. The maximum absolute atomic E-state index is 12.0. The lowest BCUT2D eigenvalue weighted by atomic mass is 10.3. The summed E-state index contributed by atoms with van der Waals surface area (Å²) in [5.74, 6) is 0.337. The summed E-state index contributed by atoms with van der Waals surface area (Å²) < 4.78 is 4.99. The number of pyridine rings is 1. The Morgan fingerprint density at radius 3 is 2.85 bits per heavy atom. The molecule has 0 aromatic carbocycles. The molecule has 0 saturated carbocycles. The predicted octanol–water partition coefficient (Wildman–Crippen LogP) is 1.08. The van der Waals surface area contributed by atoms with Crippen LogP contribution in [-0.4, -0.2) is 63.2 Å². The Morgan fingerprint density at radius 2 is 2.20 bits per heavy atom. The number of anilines is 1. The number of nitrogens with one attached hydrogen (secondary N) is 2. The van der Waals surface area contributed by atoms with Crippen LogP contribution >= 0.6 is 11.6 Å². The van der Waals surface area contributed by atoms with Gasteiger partial charge >= 0.3 is 0 Å². The maximum atomic E-state index is 12.0. The fraction of sp³-hybridized carbons (Fsp3) is 0.538. The lowest BCUT2D eigenvalue weighted by Crippen LogP contribution is -2.34. The van der Waals surface area contributed by atoms with Crippen molar-refractivity contribution in [1.82, 2.24) is 15.2 Å². The van der Waals surface area contributed by atoms with Gasteiger partial charge in [-0.1, -0.05) is 11.6 Å². The molecular formula is C13H21ClN4O2. The SMILES string of the molecule is CNc1ccc(Cl)c(C(=O)NCCN(C)CCOC)n1. The quantitative estimate of drug-likeness (QED) is 0.752. The summed E-state index contributed by atoms with van der Waals surface area (Å²) in [6.07, 6.45) is 0. The Bertz CT molecular complexity index is 442. The monoisotopic (exact) mass is 300 g/mol. The lowest BCUT2D eigenvalue weighted by Gasteiger charge is -2.16. The standard InChI is InChI=1S/C13H21ClN4O2/c1-15-11-5-4-10(14)12(17-11)13(19)16-6-7-18(2)8-9-20-3/h4-5H,6-9H2,1-3H3,(H,15,17)(H,16,19).